The minimum Gasteiger partial charge on any atom is -0.505 e. The summed E-state index contributed by atoms with van der Waals surface area (Å²) in [7, 11) is 0. The highest BCUT2D eigenvalue weighted by Gasteiger charge is 2.35. The molecule has 5 heteroatoms. The second-order valence-electron chi connectivity index (χ2n) is 6.56. The van der Waals surface area contributed by atoms with Gasteiger partial charge in [0.15, 0.2) is 11.6 Å². The number of halogens is 1. The fourth-order valence-corrected chi connectivity index (χ4v) is 3.04. The standard InChI is InChI=1S/C16H22FN3O/c1-16(2,3)15(20-6-4-19-5-7-20)12-8-11(10-18)9-13(17)14(12)21/h8-9,15,19,21H,4-7H2,1-3H3/t15-/m0/s1. The number of benzene rings is 1. The molecular weight excluding hydrogens is 269 g/mol. The Morgan fingerprint density at radius 2 is 1.95 bits per heavy atom. The highest BCUT2D eigenvalue weighted by atomic mass is 19.1. The number of hydrogen-bond acceptors (Lipinski definition) is 4. The molecule has 0 bridgehead atoms. The van der Waals surface area contributed by atoms with Crippen LogP contribution in [0.2, 0.25) is 0 Å². The van der Waals surface area contributed by atoms with Gasteiger partial charge in [0.05, 0.1) is 11.6 Å². The van der Waals surface area contributed by atoms with Gasteiger partial charge in [0.25, 0.3) is 0 Å². The molecule has 0 unspecified atom stereocenters. The van der Waals surface area contributed by atoms with Crippen molar-refractivity contribution in [1.29, 1.82) is 5.26 Å². The molecule has 0 spiro atoms. The van der Waals surface area contributed by atoms with E-state index in [9.17, 15) is 9.50 Å². The molecule has 0 aliphatic carbocycles. The Kier molecular flexibility index (Phi) is 4.50. The van der Waals surface area contributed by atoms with Crippen molar-refractivity contribution in [1.82, 2.24) is 10.2 Å². The molecular formula is C16H22FN3O. The summed E-state index contributed by atoms with van der Waals surface area (Å²) in [4.78, 5) is 2.24. The minimum atomic E-state index is -0.728. The molecule has 2 N–H and O–H groups in total. The van der Waals surface area contributed by atoms with Crippen LogP contribution < -0.4 is 5.32 Å². The van der Waals surface area contributed by atoms with Gasteiger partial charge in [0.1, 0.15) is 0 Å². The summed E-state index contributed by atoms with van der Waals surface area (Å²) >= 11 is 0. The summed E-state index contributed by atoms with van der Waals surface area (Å²) in [6, 6.07) is 4.51. The summed E-state index contributed by atoms with van der Waals surface area (Å²) < 4.78 is 13.9. The van der Waals surface area contributed by atoms with Gasteiger partial charge in [-0.15, -0.1) is 0 Å². The highest BCUT2D eigenvalue weighted by molar-refractivity contribution is 5.44. The van der Waals surface area contributed by atoms with Gasteiger partial charge in [-0.05, 0) is 17.5 Å². The molecule has 1 aliphatic rings. The predicted molar refractivity (Wildman–Crippen MR) is 79.4 cm³/mol. The number of rotatable bonds is 2. The van der Waals surface area contributed by atoms with E-state index in [1.807, 2.05) is 6.07 Å². The molecule has 0 saturated carbocycles. The molecule has 0 aromatic heterocycles. The molecule has 1 atom stereocenters. The van der Waals surface area contributed by atoms with Crippen molar-refractivity contribution in [3.05, 3.63) is 29.1 Å². The molecule has 1 aliphatic heterocycles. The molecule has 0 radical (unpaired) electrons. The third-order valence-corrected chi connectivity index (χ3v) is 3.85. The van der Waals surface area contributed by atoms with E-state index in [0.29, 0.717) is 5.56 Å². The van der Waals surface area contributed by atoms with Gasteiger partial charge in [0, 0.05) is 37.8 Å². The van der Waals surface area contributed by atoms with Gasteiger partial charge in [0.2, 0.25) is 0 Å². The maximum atomic E-state index is 13.9. The van der Waals surface area contributed by atoms with E-state index >= 15 is 0 Å². The average molecular weight is 291 g/mol. The first-order valence-corrected chi connectivity index (χ1v) is 7.22. The molecule has 1 aromatic carbocycles. The Bertz CT molecular complexity index is 554. The van der Waals surface area contributed by atoms with Crippen molar-refractivity contribution in [2.75, 3.05) is 26.2 Å². The molecule has 114 valence electrons. The first-order chi connectivity index (χ1) is 9.84. The molecule has 1 heterocycles. The van der Waals surface area contributed by atoms with Crippen molar-refractivity contribution in [3.8, 4) is 11.8 Å². The number of phenolic OH excluding ortho intramolecular Hbond substituents is 1. The van der Waals surface area contributed by atoms with Gasteiger partial charge in [-0.25, -0.2) is 4.39 Å². The Hall–Kier alpha value is -1.64. The van der Waals surface area contributed by atoms with E-state index in [1.165, 1.54) is 0 Å². The zero-order valence-corrected chi connectivity index (χ0v) is 12.8. The number of hydrogen-bond donors (Lipinski definition) is 2. The third-order valence-electron chi connectivity index (χ3n) is 3.85. The molecule has 0 amide bonds. The fourth-order valence-electron chi connectivity index (χ4n) is 3.04. The topological polar surface area (TPSA) is 59.3 Å². The zero-order chi connectivity index (χ0) is 15.6. The number of piperazine rings is 1. The highest BCUT2D eigenvalue weighted by Crippen LogP contribution is 2.42. The quantitative estimate of drug-likeness (QED) is 0.878. The van der Waals surface area contributed by atoms with E-state index in [0.717, 1.165) is 32.2 Å². The van der Waals surface area contributed by atoms with Crippen LogP contribution in [0.15, 0.2) is 12.1 Å². The Morgan fingerprint density at radius 1 is 1.33 bits per heavy atom. The van der Waals surface area contributed by atoms with Crippen molar-refractivity contribution in [2.45, 2.75) is 26.8 Å². The summed E-state index contributed by atoms with van der Waals surface area (Å²) in [5.41, 5.74) is 0.556. The second kappa shape index (κ2) is 6.00. The predicted octanol–water partition coefficient (Wildman–Crippen LogP) is 2.40. The first kappa shape index (κ1) is 15.7. The van der Waals surface area contributed by atoms with E-state index in [1.54, 1.807) is 6.07 Å². The molecule has 1 saturated heterocycles. The summed E-state index contributed by atoms with van der Waals surface area (Å²) in [5, 5.41) is 22.5. The van der Waals surface area contributed by atoms with E-state index in [-0.39, 0.29) is 22.8 Å². The van der Waals surface area contributed by atoms with Crippen molar-refractivity contribution in [3.63, 3.8) is 0 Å². The van der Waals surface area contributed by atoms with Crippen LogP contribution >= 0.6 is 0 Å². The van der Waals surface area contributed by atoms with Crippen LogP contribution in [0.3, 0.4) is 0 Å². The van der Waals surface area contributed by atoms with Gasteiger partial charge < -0.3 is 10.4 Å². The fraction of sp³-hybridized carbons (Fsp3) is 0.562. The lowest BCUT2D eigenvalue weighted by Crippen LogP contribution is -2.48. The van der Waals surface area contributed by atoms with E-state index in [2.05, 4.69) is 31.0 Å². The van der Waals surface area contributed by atoms with Crippen LogP contribution in [-0.4, -0.2) is 36.2 Å². The van der Waals surface area contributed by atoms with Crippen molar-refractivity contribution in [2.24, 2.45) is 5.41 Å². The Balaban J connectivity index is 2.51. The Morgan fingerprint density at radius 3 is 2.48 bits per heavy atom. The Labute approximate surface area is 125 Å². The van der Waals surface area contributed by atoms with Crippen molar-refractivity contribution < 1.29 is 9.50 Å². The van der Waals surface area contributed by atoms with Crippen LogP contribution in [0.1, 0.15) is 37.9 Å². The zero-order valence-electron chi connectivity index (χ0n) is 12.8. The maximum absolute atomic E-state index is 13.9. The largest absolute Gasteiger partial charge is 0.505 e. The van der Waals surface area contributed by atoms with Gasteiger partial charge in [-0.2, -0.15) is 5.26 Å². The SMILES string of the molecule is CC(C)(C)[C@H](c1cc(C#N)cc(F)c1O)N1CCNCC1. The smallest absolute Gasteiger partial charge is 0.166 e. The summed E-state index contributed by atoms with van der Waals surface area (Å²) in [6.07, 6.45) is 0. The van der Waals surface area contributed by atoms with Crippen LogP contribution in [0.25, 0.3) is 0 Å². The van der Waals surface area contributed by atoms with Crippen LogP contribution in [0, 0.1) is 22.6 Å². The molecule has 1 aromatic rings. The number of phenols is 1. The lowest BCUT2D eigenvalue weighted by Gasteiger charge is -2.42. The van der Waals surface area contributed by atoms with E-state index < -0.39 is 5.82 Å². The van der Waals surface area contributed by atoms with Crippen LogP contribution in [0.4, 0.5) is 4.39 Å². The van der Waals surface area contributed by atoms with Crippen LogP contribution in [-0.2, 0) is 0 Å². The van der Waals surface area contributed by atoms with Gasteiger partial charge in [-0.3, -0.25) is 4.90 Å². The maximum Gasteiger partial charge on any atom is 0.166 e. The normalized spacial score (nSPS) is 18.2. The number of nitriles is 1. The minimum absolute atomic E-state index is 0.137. The molecule has 4 nitrogen and oxygen atoms in total. The van der Waals surface area contributed by atoms with Crippen LogP contribution in [0.5, 0.6) is 5.75 Å². The second-order valence-corrected chi connectivity index (χ2v) is 6.56. The number of aromatic hydroxyl groups is 1. The van der Waals surface area contributed by atoms with Crippen molar-refractivity contribution >= 4 is 0 Å². The summed E-state index contributed by atoms with van der Waals surface area (Å²) in [5.74, 6) is -1.07. The lowest BCUT2D eigenvalue weighted by atomic mass is 9.80. The van der Waals surface area contributed by atoms with Gasteiger partial charge >= 0.3 is 0 Å². The number of nitrogens with zero attached hydrogens (tertiary/aromatic N) is 2. The van der Waals surface area contributed by atoms with Gasteiger partial charge in [-0.1, -0.05) is 20.8 Å². The summed E-state index contributed by atoms with van der Waals surface area (Å²) in [6.45, 7) is 9.60. The molecule has 1 fully saturated rings. The van der Waals surface area contributed by atoms with E-state index in [4.69, 9.17) is 5.26 Å². The number of nitrogens with one attached hydrogen (secondary N) is 1. The molecule has 2 rings (SSSR count). The lowest BCUT2D eigenvalue weighted by molar-refractivity contribution is 0.0838. The third kappa shape index (κ3) is 3.34. The molecule has 21 heavy (non-hydrogen) atoms. The first-order valence-electron chi connectivity index (χ1n) is 7.22. The monoisotopic (exact) mass is 291 g/mol. The average Bonchev–Trinajstić information content (AvgIpc) is 2.43.